The lowest BCUT2D eigenvalue weighted by molar-refractivity contribution is -0.351. The van der Waals surface area contributed by atoms with Gasteiger partial charge in [0.05, 0.1) is 12.2 Å². The maximum Gasteiger partial charge on any atom is 0.486 e. The van der Waals surface area contributed by atoms with E-state index in [9.17, 15) is 8.78 Å². The van der Waals surface area contributed by atoms with Crippen LogP contribution in [0.1, 0.15) is 32.1 Å². The summed E-state index contributed by atoms with van der Waals surface area (Å²) in [5.41, 5.74) is 0. The van der Waals surface area contributed by atoms with Gasteiger partial charge in [0.25, 0.3) is 0 Å². The molecule has 1 saturated carbocycles. The van der Waals surface area contributed by atoms with Crippen LogP contribution in [-0.2, 0) is 9.47 Å². The monoisotopic (exact) mass is 441 g/mol. The highest BCUT2D eigenvalue weighted by molar-refractivity contribution is 5.85. The summed E-state index contributed by atoms with van der Waals surface area (Å²) < 4.78 is 42.1. The molecule has 2 aliphatic heterocycles. The Morgan fingerprint density at radius 3 is 2.67 bits per heavy atom. The summed E-state index contributed by atoms with van der Waals surface area (Å²) in [4.78, 5) is 4.48. The zero-order valence-corrected chi connectivity index (χ0v) is 17.3. The molecule has 0 bridgehead atoms. The van der Waals surface area contributed by atoms with Gasteiger partial charge in [-0.3, -0.25) is 9.47 Å². The molecule has 3 aliphatic rings. The number of hydrogen-bond donors (Lipinski definition) is 2. The number of piperidine rings is 1. The zero-order valence-electron chi connectivity index (χ0n) is 16.5. The fourth-order valence-electron chi connectivity index (χ4n) is 4.46. The van der Waals surface area contributed by atoms with Crippen molar-refractivity contribution in [3.63, 3.8) is 0 Å². The number of pyridine rings is 1. The molecule has 2 N–H and O–H groups in total. The Balaban J connectivity index is 0.00000218. The van der Waals surface area contributed by atoms with E-state index < -0.39 is 18.5 Å². The third-order valence-electron chi connectivity index (χ3n) is 5.94. The summed E-state index contributed by atoms with van der Waals surface area (Å²) in [5, 5.41) is 8.78. The summed E-state index contributed by atoms with van der Waals surface area (Å²) in [6.45, 7) is 1.97. The second-order valence-corrected chi connectivity index (χ2v) is 8.08. The number of nitrogens with one attached hydrogen (secondary N) is 2. The number of aromatic nitrogens is 1. The molecular formula is C21H26ClF2N3O3. The fourth-order valence-corrected chi connectivity index (χ4v) is 4.46. The number of ether oxygens (including phenoxy) is 3. The minimum atomic E-state index is -3.46. The number of rotatable bonds is 4. The Kier molecular flexibility index (Phi) is 6.29. The van der Waals surface area contributed by atoms with E-state index in [-0.39, 0.29) is 24.6 Å². The molecule has 1 aliphatic carbocycles. The first-order valence-electron chi connectivity index (χ1n) is 10.3. The van der Waals surface area contributed by atoms with Crippen LogP contribution in [0, 0.1) is 0 Å². The van der Waals surface area contributed by atoms with Crippen LogP contribution in [-0.4, -0.2) is 48.7 Å². The number of benzene rings is 1. The Labute approximate surface area is 180 Å². The molecule has 5 rings (SSSR count). The molecule has 3 atom stereocenters. The van der Waals surface area contributed by atoms with E-state index in [0.717, 1.165) is 54.7 Å². The largest absolute Gasteiger partial charge is 0.490 e. The molecule has 30 heavy (non-hydrogen) atoms. The normalized spacial score (nSPS) is 28.5. The van der Waals surface area contributed by atoms with E-state index in [4.69, 9.17) is 9.47 Å². The molecule has 2 saturated heterocycles. The van der Waals surface area contributed by atoms with Crippen molar-refractivity contribution in [1.82, 2.24) is 10.3 Å². The highest BCUT2D eigenvalue weighted by atomic mass is 35.5. The molecular weight excluding hydrogens is 416 g/mol. The molecule has 3 fully saturated rings. The predicted octanol–water partition coefficient (Wildman–Crippen LogP) is 4.09. The summed E-state index contributed by atoms with van der Waals surface area (Å²) in [6, 6.07) is 8.04. The Hall–Kier alpha value is -1.74. The Morgan fingerprint density at radius 1 is 1.03 bits per heavy atom. The average Bonchev–Trinajstić information content (AvgIpc) is 3.01. The molecule has 2 aromatic rings. The highest BCUT2D eigenvalue weighted by Crippen LogP contribution is 2.39. The topological polar surface area (TPSA) is 64.6 Å². The van der Waals surface area contributed by atoms with Crippen molar-refractivity contribution in [2.45, 2.75) is 62.8 Å². The van der Waals surface area contributed by atoms with Crippen LogP contribution in [0.2, 0.25) is 0 Å². The number of anilines is 1. The number of fused-ring (bicyclic) bond motifs is 2. The predicted molar refractivity (Wildman–Crippen MR) is 111 cm³/mol. The number of alkyl halides is 2. The van der Waals surface area contributed by atoms with Gasteiger partial charge in [-0.2, -0.15) is 0 Å². The van der Waals surface area contributed by atoms with Gasteiger partial charge in [-0.05, 0) is 74.8 Å². The molecule has 0 spiro atoms. The van der Waals surface area contributed by atoms with Crippen molar-refractivity contribution < 1.29 is 23.0 Å². The van der Waals surface area contributed by atoms with Gasteiger partial charge in [0.2, 0.25) is 0 Å². The molecule has 3 unspecified atom stereocenters. The molecule has 6 nitrogen and oxygen atoms in total. The minimum Gasteiger partial charge on any atom is -0.490 e. The summed E-state index contributed by atoms with van der Waals surface area (Å²) >= 11 is 0. The third kappa shape index (κ3) is 4.77. The van der Waals surface area contributed by atoms with Gasteiger partial charge >= 0.3 is 6.29 Å². The summed E-state index contributed by atoms with van der Waals surface area (Å²) in [7, 11) is 0. The quantitative estimate of drug-likeness (QED) is 0.745. The smallest absolute Gasteiger partial charge is 0.486 e. The van der Waals surface area contributed by atoms with E-state index in [1.807, 2.05) is 30.5 Å². The maximum absolute atomic E-state index is 13.3. The Morgan fingerprint density at radius 2 is 1.83 bits per heavy atom. The standard InChI is InChI=1S/C21H25F2N3O3.ClH/c22-21(23)28-18-4-2-15(11-19(18)29-21)26-20-10-14-9-17(3-1-13(14)12-25-20)27-16-5-7-24-8-6-16;/h1,3,9-10,12,15-16,18-19,24H,2,4-8,11H2,(H,25,26);1H. The highest BCUT2D eigenvalue weighted by Gasteiger charge is 2.51. The number of hydrogen-bond acceptors (Lipinski definition) is 6. The van der Waals surface area contributed by atoms with Crippen LogP contribution >= 0.6 is 12.4 Å². The third-order valence-corrected chi connectivity index (χ3v) is 5.94. The molecule has 0 radical (unpaired) electrons. The van der Waals surface area contributed by atoms with Gasteiger partial charge in [-0.15, -0.1) is 21.2 Å². The lowest BCUT2D eigenvalue weighted by atomic mass is 9.90. The first-order valence-corrected chi connectivity index (χ1v) is 10.3. The van der Waals surface area contributed by atoms with E-state index >= 15 is 0 Å². The first kappa shape index (κ1) is 21.5. The van der Waals surface area contributed by atoms with Crippen molar-refractivity contribution in [3.05, 3.63) is 30.5 Å². The first-order chi connectivity index (χ1) is 14.0. The summed E-state index contributed by atoms with van der Waals surface area (Å²) in [6.07, 6.45) is 1.26. The van der Waals surface area contributed by atoms with Crippen molar-refractivity contribution >= 4 is 29.0 Å². The zero-order chi connectivity index (χ0) is 19.8. The van der Waals surface area contributed by atoms with Crippen molar-refractivity contribution in [1.29, 1.82) is 0 Å². The van der Waals surface area contributed by atoms with Crippen LogP contribution in [0.15, 0.2) is 30.5 Å². The van der Waals surface area contributed by atoms with Crippen molar-refractivity contribution in [2.75, 3.05) is 18.4 Å². The van der Waals surface area contributed by atoms with Gasteiger partial charge in [-0.25, -0.2) is 4.98 Å². The van der Waals surface area contributed by atoms with Crippen LogP contribution in [0.5, 0.6) is 5.75 Å². The lowest BCUT2D eigenvalue weighted by Gasteiger charge is -2.29. The molecule has 1 aromatic heterocycles. The molecule has 3 heterocycles. The lowest BCUT2D eigenvalue weighted by Crippen LogP contribution is -2.37. The van der Waals surface area contributed by atoms with Gasteiger partial charge in [0, 0.05) is 17.6 Å². The van der Waals surface area contributed by atoms with Crippen LogP contribution in [0.25, 0.3) is 10.8 Å². The molecule has 9 heteroatoms. The van der Waals surface area contributed by atoms with Crippen LogP contribution in [0.3, 0.4) is 0 Å². The second-order valence-electron chi connectivity index (χ2n) is 8.08. The van der Waals surface area contributed by atoms with Crippen LogP contribution in [0.4, 0.5) is 14.6 Å². The molecule has 1 aromatic carbocycles. The van der Waals surface area contributed by atoms with Gasteiger partial charge in [0.15, 0.2) is 0 Å². The van der Waals surface area contributed by atoms with E-state index in [1.54, 1.807) is 0 Å². The minimum absolute atomic E-state index is 0. The molecule has 164 valence electrons. The maximum atomic E-state index is 13.3. The average molecular weight is 442 g/mol. The van der Waals surface area contributed by atoms with E-state index in [0.29, 0.717) is 12.8 Å². The van der Waals surface area contributed by atoms with E-state index in [2.05, 4.69) is 20.4 Å². The van der Waals surface area contributed by atoms with Gasteiger partial charge in [0.1, 0.15) is 17.7 Å². The summed E-state index contributed by atoms with van der Waals surface area (Å²) in [5.74, 6) is 1.59. The molecule has 0 amide bonds. The van der Waals surface area contributed by atoms with Crippen molar-refractivity contribution in [3.8, 4) is 5.75 Å². The van der Waals surface area contributed by atoms with Crippen molar-refractivity contribution in [2.24, 2.45) is 0 Å². The fraction of sp³-hybridized carbons (Fsp3) is 0.571. The second kappa shape index (κ2) is 8.78. The van der Waals surface area contributed by atoms with Gasteiger partial charge < -0.3 is 15.4 Å². The Bertz CT molecular complexity index is 882. The SMILES string of the molecule is Cl.FC1(F)OC2CCC(Nc3cc4cc(OC5CCNCC5)ccc4cn3)CC2O1. The van der Waals surface area contributed by atoms with E-state index in [1.165, 1.54) is 0 Å². The van der Waals surface area contributed by atoms with Crippen LogP contribution < -0.4 is 15.4 Å². The number of halogens is 3. The number of nitrogens with zero attached hydrogens (tertiary/aromatic N) is 1. The van der Waals surface area contributed by atoms with Gasteiger partial charge in [-0.1, -0.05) is 0 Å².